The van der Waals surface area contributed by atoms with Crippen molar-refractivity contribution in [1.82, 2.24) is 5.32 Å². The first-order valence-corrected chi connectivity index (χ1v) is 8.17. The molecule has 0 radical (unpaired) electrons. The average Bonchev–Trinajstić information content (AvgIpc) is 3.16. The van der Waals surface area contributed by atoms with E-state index in [1.165, 1.54) is 44.6 Å². The summed E-state index contributed by atoms with van der Waals surface area (Å²) in [6.45, 7) is 1.49. The van der Waals surface area contributed by atoms with Crippen molar-refractivity contribution in [2.75, 3.05) is 18.1 Å². The summed E-state index contributed by atoms with van der Waals surface area (Å²) in [5.41, 5.74) is 2.10. The lowest BCUT2D eigenvalue weighted by atomic mass is 10.1. The van der Waals surface area contributed by atoms with Gasteiger partial charge >= 0.3 is 0 Å². The maximum absolute atomic E-state index is 13.6. The molecule has 1 aromatic carbocycles. The number of anilines is 1. The fraction of sp³-hybridized carbons (Fsp3) is 0.647. The van der Waals surface area contributed by atoms with Crippen LogP contribution >= 0.6 is 0 Å². The highest BCUT2D eigenvalue weighted by Crippen LogP contribution is 2.31. The van der Waals surface area contributed by atoms with E-state index in [1.54, 1.807) is 6.07 Å². The minimum absolute atomic E-state index is 0.142. The Bertz CT molecular complexity index is 470. The highest BCUT2D eigenvalue weighted by molar-refractivity contribution is 5.55. The van der Waals surface area contributed by atoms with Crippen LogP contribution in [0.3, 0.4) is 0 Å². The van der Waals surface area contributed by atoms with Crippen LogP contribution in [-0.2, 0) is 6.54 Å². The highest BCUT2D eigenvalue weighted by Gasteiger charge is 2.25. The number of aliphatic hydroxyl groups is 1. The maximum atomic E-state index is 13.6. The van der Waals surface area contributed by atoms with Gasteiger partial charge in [0.15, 0.2) is 0 Å². The van der Waals surface area contributed by atoms with Gasteiger partial charge in [-0.3, -0.25) is 0 Å². The molecule has 1 aromatic rings. The third-order valence-electron chi connectivity index (χ3n) is 4.62. The predicted octanol–water partition coefficient (Wildman–Crippen LogP) is 2.82. The minimum atomic E-state index is -0.179. The summed E-state index contributed by atoms with van der Waals surface area (Å²) in [6.07, 6.45) is 7.31. The highest BCUT2D eigenvalue weighted by atomic mass is 19.1. The van der Waals surface area contributed by atoms with Gasteiger partial charge < -0.3 is 15.3 Å². The van der Waals surface area contributed by atoms with Gasteiger partial charge in [0.25, 0.3) is 0 Å². The quantitative estimate of drug-likeness (QED) is 0.811. The van der Waals surface area contributed by atoms with Crippen LogP contribution in [0, 0.1) is 5.82 Å². The molecule has 0 amide bonds. The van der Waals surface area contributed by atoms with E-state index in [0.717, 1.165) is 11.3 Å². The Morgan fingerprint density at radius 2 is 1.95 bits per heavy atom. The van der Waals surface area contributed by atoms with E-state index in [1.807, 2.05) is 6.07 Å². The second kappa shape index (κ2) is 6.75. The normalized spacial score (nSPS) is 19.1. The molecule has 0 aliphatic heterocycles. The second-order valence-electron chi connectivity index (χ2n) is 6.28. The fourth-order valence-corrected chi connectivity index (χ4v) is 3.34. The molecule has 21 heavy (non-hydrogen) atoms. The van der Waals surface area contributed by atoms with Crippen molar-refractivity contribution in [2.24, 2.45) is 0 Å². The first-order chi connectivity index (χ1) is 10.3. The van der Waals surface area contributed by atoms with Crippen LogP contribution in [0.1, 0.15) is 44.1 Å². The molecular formula is C17H25FN2O. The summed E-state index contributed by atoms with van der Waals surface area (Å²) in [6, 6.07) is 6.16. The maximum Gasteiger partial charge on any atom is 0.123 e. The topological polar surface area (TPSA) is 35.5 Å². The Hall–Kier alpha value is -1.13. The van der Waals surface area contributed by atoms with Crippen molar-refractivity contribution in [3.8, 4) is 0 Å². The monoisotopic (exact) mass is 292 g/mol. The number of nitrogens with one attached hydrogen (secondary N) is 1. The molecule has 116 valence electrons. The summed E-state index contributed by atoms with van der Waals surface area (Å²) < 4.78 is 13.6. The number of rotatable bonds is 7. The Morgan fingerprint density at radius 1 is 1.19 bits per heavy atom. The van der Waals surface area contributed by atoms with E-state index in [2.05, 4.69) is 10.2 Å². The molecule has 2 fully saturated rings. The third kappa shape index (κ3) is 3.74. The smallest absolute Gasteiger partial charge is 0.123 e. The lowest BCUT2D eigenvalue weighted by Crippen LogP contribution is -2.36. The van der Waals surface area contributed by atoms with Crippen LogP contribution in [-0.4, -0.2) is 30.3 Å². The summed E-state index contributed by atoms with van der Waals surface area (Å²) in [4.78, 5) is 2.29. The summed E-state index contributed by atoms with van der Waals surface area (Å²) in [5.74, 6) is -0.179. The predicted molar refractivity (Wildman–Crippen MR) is 82.9 cm³/mol. The van der Waals surface area contributed by atoms with Gasteiger partial charge in [0.1, 0.15) is 5.82 Å². The van der Waals surface area contributed by atoms with Crippen LogP contribution in [0.5, 0.6) is 0 Å². The molecule has 0 unspecified atom stereocenters. The Balaban J connectivity index is 1.81. The summed E-state index contributed by atoms with van der Waals surface area (Å²) >= 11 is 0. The molecule has 0 bridgehead atoms. The standard InChI is InChI=1S/C17H25FN2O/c18-14-5-8-17(13(11-14)12-19-15-6-7-15)20(9-10-21)16-3-1-2-4-16/h5,8,11,15-16,19,21H,1-4,6-7,9-10,12H2. The molecule has 0 atom stereocenters. The number of aliphatic hydroxyl groups excluding tert-OH is 1. The first kappa shape index (κ1) is 14.8. The van der Waals surface area contributed by atoms with Gasteiger partial charge in [-0.2, -0.15) is 0 Å². The molecule has 2 aliphatic rings. The summed E-state index contributed by atoms with van der Waals surface area (Å²) in [5, 5.41) is 12.9. The molecule has 2 saturated carbocycles. The van der Waals surface area contributed by atoms with Crippen molar-refractivity contribution in [1.29, 1.82) is 0 Å². The van der Waals surface area contributed by atoms with E-state index >= 15 is 0 Å². The van der Waals surface area contributed by atoms with Crippen molar-refractivity contribution in [2.45, 2.75) is 57.2 Å². The van der Waals surface area contributed by atoms with E-state index < -0.39 is 0 Å². The molecule has 3 rings (SSSR count). The second-order valence-corrected chi connectivity index (χ2v) is 6.28. The van der Waals surface area contributed by atoms with Crippen LogP contribution in [0.25, 0.3) is 0 Å². The number of hydrogen-bond acceptors (Lipinski definition) is 3. The molecule has 2 aliphatic carbocycles. The van der Waals surface area contributed by atoms with Gasteiger partial charge in [0.2, 0.25) is 0 Å². The van der Waals surface area contributed by atoms with Gasteiger partial charge in [-0.1, -0.05) is 12.8 Å². The first-order valence-electron chi connectivity index (χ1n) is 8.17. The molecule has 0 aromatic heterocycles. The molecule has 2 N–H and O–H groups in total. The van der Waals surface area contributed by atoms with Gasteiger partial charge in [-0.05, 0) is 49.4 Å². The van der Waals surface area contributed by atoms with Gasteiger partial charge in [-0.25, -0.2) is 4.39 Å². The van der Waals surface area contributed by atoms with Gasteiger partial charge in [0, 0.05) is 30.9 Å². The zero-order chi connectivity index (χ0) is 14.7. The van der Waals surface area contributed by atoms with E-state index in [4.69, 9.17) is 0 Å². The molecule has 3 nitrogen and oxygen atoms in total. The molecule has 4 heteroatoms. The van der Waals surface area contributed by atoms with E-state index in [-0.39, 0.29) is 12.4 Å². The number of halogens is 1. The van der Waals surface area contributed by atoms with Crippen molar-refractivity contribution in [3.05, 3.63) is 29.6 Å². The SMILES string of the molecule is OCCN(c1ccc(F)cc1CNC1CC1)C1CCCC1. The molecule has 0 saturated heterocycles. The Morgan fingerprint density at radius 3 is 2.62 bits per heavy atom. The number of hydrogen-bond donors (Lipinski definition) is 2. The zero-order valence-corrected chi connectivity index (χ0v) is 12.5. The van der Waals surface area contributed by atoms with Crippen molar-refractivity contribution < 1.29 is 9.50 Å². The fourth-order valence-electron chi connectivity index (χ4n) is 3.34. The summed E-state index contributed by atoms with van der Waals surface area (Å²) in [7, 11) is 0. The third-order valence-corrected chi connectivity index (χ3v) is 4.62. The molecule has 0 heterocycles. The van der Waals surface area contributed by atoms with Crippen LogP contribution < -0.4 is 10.2 Å². The van der Waals surface area contributed by atoms with E-state index in [9.17, 15) is 9.50 Å². The zero-order valence-electron chi connectivity index (χ0n) is 12.5. The van der Waals surface area contributed by atoms with Gasteiger partial charge in [-0.15, -0.1) is 0 Å². The Kier molecular flexibility index (Phi) is 4.76. The lowest BCUT2D eigenvalue weighted by Gasteiger charge is -2.32. The van der Waals surface area contributed by atoms with Gasteiger partial charge in [0.05, 0.1) is 6.61 Å². The molecule has 0 spiro atoms. The Labute approximate surface area is 126 Å². The van der Waals surface area contributed by atoms with Crippen LogP contribution in [0.2, 0.25) is 0 Å². The average molecular weight is 292 g/mol. The largest absolute Gasteiger partial charge is 0.395 e. The van der Waals surface area contributed by atoms with Crippen molar-refractivity contribution >= 4 is 5.69 Å². The minimum Gasteiger partial charge on any atom is -0.395 e. The number of nitrogens with zero attached hydrogens (tertiary/aromatic N) is 1. The van der Waals surface area contributed by atoms with E-state index in [0.29, 0.717) is 25.2 Å². The molecular weight excluding hydrogens is 267 g/mol. The van der Waals surface area contributed by atoms with Crippen molar-refractivity contribution in [3.63, 3.8) is 0 Å². The lowest BCUT2D eigenvalue weighted by molar-refractivity contribution is 0.297. The number of benzene rings is 1. The van der Waals surface area contributed by atoms with Crippen LogP contribution in [0.4, 0.5) is 10.1 Å². The van der Waals surface area contributed by atoms with Crippen LogP contribution in [0.15, 0.2) is 18.2 Å².